The summed E-state index contributed by atoms with van der Waals surface area (Å²) in [7, 11) is -3.79. The summed E-state index contributed by atoms with van der Waals surface area (Å²) in [6.07, 6.45) is 1.49. The number of nitrogens with two attached hydrogens (primary N) is 1. The fraction of sp³-hybridized carbons (Fsp3) is 0.636. The van der Waals surface area contributed by atoms with Crippen molar-refractivity contribution in [2.24, 2.45) is 10.9 Å². The molecule has 0 amide bonds. The predicted octanol–water partition coefficient (Wildman–Crippen LogP) is 0.357. The van der Waals surface area contributed by atoms with E-state index in [-0.39, 0.29) is 23.4 Å². The number of aromatic nitrogens is 2. The molecule has 0 saturated carbocycles. The molecule has 0 spiro atoms. The third-order valence-electron chi connectivity index (χ3n) is 2.89. The summed E-state index contributed by atoms with van der Waals surface area (Å²) < 4.78 is 28.0. The molecule has 114 valence electrons. The molecule has 0 atom stereocenters. The van der Waals surface area contributed by atoms with Crippen LogP contribution in [0.3, 0.4) is 0 Å². The highest BCUT2D eigenvalue weighted by Crippen LogP contribution is 2.17. The maximum absolute atomic E-state index is 12.6. The Morgan fingerprint density at radius 2 is 2.20 bits per heavy atom. The van der Waals surface area contributed by atoms with Crippen LogP contribution in [-0.4, -0.2) is 45.9 Å². The van der Waals surface area contributed by atoms with Gasteiger partial charge in [-0.25, -0.2) is 13.4 Å². The highest BCUT2D eigenvalue weighted by molar-refractivity contribution is 7.89. The van der Waals surface area contributed by atoms with E-state index in [0.717, 1.165) is 4.31 Å². The summed E-state index contributed by atoms with van der Waals surface area (Å²) in [5.74, 6) is 0.451. The summed E-state index contributed by atoms with van der Waals surface area (Å²) in [6, 6.07) is -0.340. The fourth-order valence-corrected chi connectivity index (χ4v) is 3.39. The van der Waals surface area contributed by atoms with Crippen molar-refractivity contribution in [2.75, 3.05) is 6.54 Å². The van der Waals surface area contributed by atoms with Crippen LogP contribution < -0.4 is 5.73 Å². The first-order chi connectivity index (χ1) is 9.23. The number of sulfonamides is 1. The number of amidine groups is 1. The van der Waals surface area contributed by atoms with Gasteiger partial charge in [0.05, 0.1) is 6.54 Å². The van der Waals surface area contributed by atoms with Gasteiger partial charge in [0.1, 0.15) is 5.82 Å². The monoisotopic (exact) mass is 303 g/mol. The molecule has 0 bridgehead atoms. The van der Waals surface area contributed by atoms with Crippen LogP contribution in [0.15, 0.2) is 16.4 Å². The zero-order chi connectivity index (χ0) is 15.5. The molecule has 0 unspecified atom stereocenters. The summed E-state index contributed by atoms with van der Waals surface area (Å²) >= 11 is 0. The normalized spacial score (nSPS) is 13.4. The largest absolute Gasteiger partial charge is 0.409 e. The standard InChI is InChI=1S/C11H21N5O3S/c1-5-15-7-11(13-9(15)4)20(18,19)16(8(2)3)6-10(12)14-17/h7-8,17H,5-6H2,1-4H3,(H2,12,14). The molecular weight excluding hydrogens is 282 g/mol. The van der Waals surface area contributed by atoms with E-state index < -0.39 is 10.0 Å². The number of hydrogen-bond donors (Lipinski definition) is 2. The van der Waals surface area contributed by atoms with Crippen LogP contribution in [0.2, 0.25) is 0 Å². The topological polar surface area (TPSA) is 114 Å². The Kier molecular flexibility index (Phi) is 5.12. The van der Waals surface area contributed by atoms with Gasteiger partial charge < -0.3 is 15.5 Å². The highest BCUT2D eigenvalue weighted by Gasteiger charge is 2.30. The molecule has 1 aromatic heterocycles. The van der Waals surface area contributed by atoms with E-state index >= 15 is 0 Å². The lowest BCUT2D eigenvalue weighted by Crippen LogP contribution is -2.42. The van der Waals surface area contributed by atoms with Gasteiger partial charge in [0.25, 0.3) is 10.0 Å². The van der Waals surface area contributed by atoms with Crippen LogP contribution in [-0.2, 0) is 16.6 Å². The van der Waals surface area contributed by atoms with Crippen LogP contribution in [0, 0.1) is 6.92 Å². The minimum Gasteiger partial charge on any atom is -0.409 e. The van der Waals surface area contributed by atoms with Crippen LogP contribution in [0.25, 0.3) is 0 Å². The van der Waals surface area contributed by atoms with E-state index in [4.69, 9.17) is 10.9 Å². The predicted molar refractivity (Wildman–Crippen MR) is 75.1 cm³/mol. The molecule has 1 aromatic rings. The zero-order valence-corrected chi connectivity index (χ0v) is 12.9. The van der Waals surface area contributed by atoms with Crippen LogP contribution in [0.1, 0.15) is 26.6 Å². The van der Waals surface area contributed by atoms with Crippen molar-refractivity contribution in [1.82, 2.24) is 13.9 Å². The Morgan fingerprint density at radius 3 is 2.60 bits per heavy atom. The first-order valence-electron chi connectivity index (χ1n) is 6.26. The second-order valence-electron chi connectivity index (χ2n) is 4.65. The zero-order valence-electron chi connectivity index (χ0n) is 12.1. The summed E-state index contributed by atoms with van der Waals surface area (Å²) in [5, 5.41) is 11.4. The molecular formula is C11H21N5O3S. The molecule has 0 aliphatic rings. The Labute approximate surface area is 118 Å². The second kappa shape index (κ2) is 6.23. The Bertz CT molecular complexity index is 591. The average molecular weight is 303 g/mol. The SMILES string of the molecule is CCn1cc(S(=O)(=O)N(CC(N)=NO)C(C)C)nc1C. The highest BCUT2D eigenvalue weighted by atomic mass is 32.2. The van der Waals surface area contributed by atoms with Gasteiger partial charge >= 0.3 is 0 Å². The van der Waals surface area contributed by atoms with E-state index in [2.05, 4.69) is 10.1 Å². The van der Waals surface area contributed by atoms with Crippen molar-refractivity contribution in [3.8, 4) is 0 Å². The summed E-state index contributed by atoms with van der Waals surface area (Å²) in [6.45, 7) is 7.52. The second-order valence-corrected chi connectivity index (χ2v) is 6.49. The molecule has 0 aliphatic carbocycles. The molecule has 8 nitrogen and oxygen atoms in total. The number of imidazole rings is 1. The van der Waals surface area contributed by atoms with Gasteiger partial charge in [0.15, 0.2) is 10.9 Å². The van der Waals surface area contributed by atoms with Gasteiger partial charge in [0, 0.05) is 18.8 Å². The van der Waals surface area contributed by atoms with Gasteiger partial charge in [-0.3, -0.25) is 0 Å². The first-order valence-corrected chi connectivity index (χ1v) is 7.70. The number of aryl methyl sites for hydroxylation is 2. The first kappa shape index (κ1) is 16.4. The van der Waals surface area contributed by atoms with Crippen molar-refractivity contribution in [1.29, 1.82) is 0 Å². The lowest BCUT2D eigenvalue weighted by Gasteiger charge is -2.24. The molecule has 0 aliphatic heterocycles. The molecule has 0 saturated heterocycles. The van der Waals surface area contributed by atoms with E-state index in [9.17, 15) is 8.42 Å². The minimum absolute atomic E-state index is 0.0312. The van der Waals surface area contributed by atoms with Gasteiger partial charge in [0.2, 0.25) is 0 Å². The lowest BCUT2D eigenvalue weighted by atomic mass is 10.4. The number of rotatable bonds is 6. The molecule has 0 fully saturated rings. The fourth-order valence-electron chi connectivity index (χ4n) is 1.78. The van der Waals surface area contributed by atoms with E-state index in [1.54, 1.807) is 25.3 Å². The van der Waals surface area contributed by atoms with Crippen molar-refractivity contribution in [2.45, 2.75) is 45.3 Å². The van der Waals surface area contributed by atoms with Crippen molar-refractivity contribution in [3.63, 3.8) is 0 Å². The molecule has 1 rings (SSSR count). The van der Waals surface area contributed by atoms with Crippen LogP contribution >= 0.6 is 0 Å². The molecule has 3 N–H and O–H groups in total. The van der Waals surface area contributed by atoms with E-state index in [1.165, 1.54) is 6.20 Å². The molecule has 1 heterocycles. The van der Waals surface area contributed by atoms with E-state index in [1.807, 2.05) is 6.92 Å². The van der Waals surface area contributed by atoms with Crippen molar-refractivity contribution in [3.05, 3.63) is 12.0 Å². The van der Waals surface area contributed by atoms with Gasteiger partial charge in [-0.2, -0.15) is 4.31 Å². The molecule has 9 heteroatoms. The summed E-state index contributed by atoms with van der Waals surface area (Å²) in [4.78, 5) is 4.08. The smallest absolute Gasteiger partial charge is 0.262 e. The maximum atomic E-state index is 12.6. The minimum atomic E-state index is -3.79. The number of oxime groups is 1. The van der Waals surface area contributed by atoms with Crippen LogP contribution in [0.5, 0.6) is 0 Å². The maximum Gasteiger partial charge on any atom is 0.262 e. The van der Waals surface area contributed by atoms with Gasteiger partial charge in [-0.05, 0) is 27.7 Å². The van der Waals surface area contributed by atoms with Gasteiger partial charge in [-0.1, -0.05) is 5.16 Å². The molecule has 20 heavy (non-hydrogen) atoms. The average Bonchev–Trinajstić information content (AvgIpc) is 2.76. The summed E-state index contributed by atoms with van der Waals surface area (Å²) in [5.41, 5.74) is 5.42. The van der Waals surface area contributed by atoms with Crippen LogP contribution in [0.4, 0.5) is 0 Å². The Morgan fingerprint density at radius 1 is 1.60 bits per heavy atom. The van der Waals surface area contributed by atoms with Crippen molar-refractivity contribution < 1.29 is 13.6 Å². The lowest BCUT2D eigenvalue weighted by molar-refractivity contribution is 0.312. The number of nitrogens with zero attached hydrogens (tertiary/aromatic N) is 4. The van der Waals surface area contributed by atoms with E-state index in [0.29, 0.717) is 12.4 Å². The molecule has 0 radical (unpaired) electrons. The Balaban J connectivity index is 3.22. The Hall–Kier alpha value is -1.61. The molecule has 0 aromatic carbocycles. The number of hydrogen-bond acceptors (Lipinski definition) is 5. The quantitative estimate of drug-likeness (QED) is 0.341. The third kappa shape index (κ3) is 3.28. The van der Waals surface area contributed by atoms with Gasteiger partial charge in [-0.15, -0.1) is 0 Å². The van der Waals surface area contributed by atoms with Crippen molar-refractivity contribution >= 4 is 15.9 Å². The third-order valence-corrected chi connectivity index (χ3v) is 4.78.